The highest BCUT2D eigenvalue weighted by Gasteiger charge is 2.11. The Hall–Kier alpha value is -4.13. The van der Waals surface area contributed by atoms with Crippen LogP contribution in [0.3, 0.4) is 0 Å². The van der Waals surface area contributed by atoms with E-state index >= 15 is 0 Å². The minimum absolute atomic E-state index is 0.112. The molecular formula is C24H22N4O3. The van der Waals surface area contributed by atoms with Gasteiger partial charge in [-0.15, -0.1) is 0 Å². The second-order valence-electron chi connectivity index (χ2n) is 6.90. The third kappa shape index (κ3) is 4.90. The number of hydrogen-bond donors (Lipinski definition) is 1. The van der Waals surface area contributed by atoms with Crippen LogP contribution in [0.1, 0.15) is 23.0 Å². The number of hydrogen-bond acceptors (Lipinski definition) is 4. The fourth-order valence-electron chi connectivity index (χ4n) is 3.19. The molecule has 2 aromatic heterocycles. The van der Waals surface area contributed by atoms with Gasteiger partial charge in [0.1, 0.15) is 0 Å². The first-order valence-corrected chi connectivity index (χ1v) is 9.98. The van der Waals surface area contributed by atoms with Gasteiger partial charge in [-0.05, 0) is 61.0 Å². The fraction of sp³-hybridized carbons (Fsp3) is 0.125. The molecule has 4 aromatic rings. The highest BCUT2D eigenvalue weighted by molar-refractivity contribution is 5.92. The van der Waals surface area contributed by atoms with Crippen LogP contribution in [0.4, 0.5) is 5.69 Å². The van der Waals surface area contributed by atoms with Gasteiger partial charge in [0.2, 0.25) is 5.91 Å². The molecule has 2 heterocycles. The van der Waals surface area contributed by atoms with Gasteiger partial charge in [0.15, 0.2) is 5.69 Å². The van der Waals surface area contributed by atoms with Crippen LogP contribution in [0.2, 0.25) is 0 Å². The summed E-state index contributed by atoms with van der Waals surface area (Å²) >= 11 is 0. The summed E-state index contributed by atoms with van der Waals surface area (Å²) in [5.74, 6) is -0.577. The van der Waals surface area contributed by atoms with Crippen molar-refractivity contribution in [3.63, 3.8) is 0 Å². The Labute approximate surface area is 179 Å². The summed E-state index contributed by atoms with van der Waals surface area (Å²) in [5, 5.41) is 7.16. The third-order valence-electron chi connectivity index (χ3n) is 4.67. The van der Waals surface area contributed by atoms with Crippen LogP contribution in [-0.2, 0) is 16.0 Å². The lowest BCUT2D eigenvalue weighted by molar-refractivity contribution is -0.115. The van der Waals surface area contributed by atoms with Crippen LogP contribution >= 0.6 is 0 Å². The van der Waals surface area contributed by atoms with E-state index in [0.717, 1.165) is 16.9 Å². The molecule has 4 rings (SSSR count). The van der Waals surface area contributed by atoms with E-state index in [1.54, 1.807) is 29.9 Å². The SMILES string of the molecule is CCOC(=O)c1ccn(-c2cccc(NC(=O)Cc3ccc(-n4cccc4)cc3)c2)n1. The smallest absolute Gasteiger partial charge is 0.358 e. The molecule has 0 fully saturated rings. The maximum absolute atomic E-state index is 12.5. The van der Waals surface area contributed by atoms with Crippen molar-refractivity contribution in [3.05, 3.63) is 96.6 Å². The zero-order valence-corrected chi connectivity index (χ0v) is 17.1. The van der Waals surface area contributed by atoms with E-state index in [2.05, 4.69) is 10.4 Å². The Morgan fingerprint density at radius 1 is 0.935 bits per heavy atom. The van der Waals surface area contributed by atoms with Crippen molar-refractivity contribution < 1.29 is 14.3 Å². The fourth-order valence-corrected chi connectivity index (χ4v) is 3.19. The summed E-state index contributed by atoms with van der Waals surface area (Å²) in [7, 11) is 0. The molecule has 2 aromatic carbocycles. The van der Waals surface area contributed by atoms with Gasteiger partial charge in [-0.3, -0.25) is 4.79 Å². The topological polar surface area (TPSA) is 78.1 Å². The molecular weight excluding hydrogens is 392 g/mol. The monoisotopic (exact) mass is 414 g/mol. The molecule has 1 N–H and O–H groups in total. The van der Waals surface area contributed by atoms with Crippen molar-refractivity contribution >= 4 is 17.6 Å². The Kier molecular flexibility index (Phi) is 5.93. The van der Waals surface area contributed by atoms with Gasteiger partial charge in [0, 0.05) is 30.0 Å². The molecule has 156 valence electrons. The molecule has 0 aliphatic heterocycles. The lowest BCUT2D eigenvalue weighted by Crippen LogP contribution is -2.14. The number of benzene rings is 2. The summed E-state index contributed by atoms with van der Waals surface area (Å²) < 4.78 is 8.55. The Morgan fingerprint density at radius 3 is 2.45 bits per heavy atom. The first-order valence-electron chi connectivity index (χ1n) is 9.98. The molecule has 0 bridgehead atoms. The van der Waals surface area contributed by atoms with Crippen LogP contribution in [0, 0.1) is 0 Å². The highest BCUT2D eigenvalue weighted by Crippen LogP contribution is 2.16. The summed E-state index contributed by atoms with van der Waals surface area (Å²) in [5.41, 5.74) is 3.59. The van der Waals surface area contributed by atoms with Gasteiger partial charge >= 0.3 is 5.97 Å². The molecule has 0 spiro atoms. The van der Waals surface area contributed by atoms with Crippen molar-refractivity contribution in [1.82, 2.24) is 14.3 Å². The van der Waals surface area contributed by atoms with E-state index in [0.29, 0.717) is 12.3 Å². The first kappa shape index (κ1) is 20.2. The molecule has 0 aliphatic rings. The van der Waals surface area contributed by atoms with E-state index in [4.69, 9.17) is 4.74 Å². The van der Waals surface area contributed by atoms with Crippen molar-refractivity contribution in [2.45, 2.75) is 13.3 Å². The molecule has 0 saturated carbocycles. The molecule has 7 nitrogen and oxygen atoms in total. The molecule has 7 heteroatoms. The van der Waals surface area contributed by atoms with Crippen LogP contribution in [-0.4, -0.2) is 32.8 Å². The third-order valence-corrected chi connectivity index (χ3v) is 4.67. The average Bonchev–Trinajstić information content (AvgIpc) is 3.47. The van der Waals surface area contributed by atoms with Crippen LogP contribution in [0.25, 0.3) is 11.4 Å². The maximum Gasteiger partial charge on any atom is 0.358 e. The summed E-state index contributed by atoms with van der Waals surface area (Å²) in [6, 6.07) is 20.7. The quantitative estimate of drug-likeness (QED) is 0.463. The second-order valence-corrected chi connectivity index (χ2v) is 6.90. The number of carbonyl (C=O) groups is 2. The van der Waals surface area contributed by atoms with Gasteiger partial charge < -0.3 is 14.6 Å². The molecule has 0 radical (unpaired) electrons. The number of esters is 1. The van der Waals surface area contributed by atoms with Crippen LogP contribution in [0.15, 0.2) is 85.3 Å². The average molecular weight is 414 g/mol. The Bertz CT molecular complexity index is 1180. The van der Waals surface area contributed by atoms with Gasteiger partial charge in [-0.25, -0.2) is 9.48 Å². The second kappa shape index (κ2) is 9.13. The molecule has 0 saturated heterocycles. The lowest BCUT2D eigenvalue weighted by atomic mass is 10.1. The van der Waals surface area contributed by atoms with Crippen molar-refractivity contribution in [1.29, 1.82) is 0 Å². The van der Waals surface area contributed by atoms with E-state index in [-0.39, 0.29) is 18.0 Å². The number of rotatable bonds is 7. The predicted molar refractivity (Wildman–Crippen MR) is 118 cm³/mol. The van der Waals surface area contributed by atoms with E-state index < -0.39 is 5.97 Å². The van der Waals surface area contributed by atoms with E-state index in [1.165, 1.54) is 0 Å². The van der Waals surface area contributed by atoms with Crippen LogP contribution in [0.5, 0.6) is 0 Å². The van der Waals surface area contributed by atoms with Gasteiger partial charge in [-0.2, -0.15) is 5.10 Å². The number of nitrogens with one attached hydrogen (secondary N) is 1. The largest absolute Gasteiger partial charge is 0.461 e. The minimum atomic E-state index is -0.464. The summed E-state index contributed by atoms with van der Waals surface area (Å²) in [4.78, 5) is 24.3. The normalized spacial score (nSPS) is 10.6. The predicted octanol–water partition coefficient (Wildman–Crippen LogP) is 4.02. The number of aromatic nitrogens is 3. The van der Waals surface area contributed by atoms with Gasteiger partial charge in [0.05, 0.1) is 18.7 Å². The van der Waals surface area contributed by atoms with E-state index in [9.17, 15) is 9.59 Å². The zero-order chi connectivity index (χ0) is 21.6. The zero-order valence-electron chi connectivity index (χ0n) is 17.1. The van der Waals surface area contributed by atoms with Crippen molar-refractivity contribution in [2.24, 2.45) is 0 Å². The molecule has 0 unspecified atom stereocenters. The number of carbonyl (C=O) groups excluding carboxylic acids is 2. The van der Waals surface area contributed by atoms with Gasteiger partial charge in [-0.1, -0.05) is 18.2 Å². The number of anilines is 1. The number of amides is 1. The molecule has 0 atom stereocenters. The van der Waals surface area contributed by atoms with E-state index in [1.807, 2.05) is 71.6 Å². The number of ether oxygens (including phenoxy) is 1. The Morgan fingerprint density at radius 2 is 1.71 bits per heavy atom. The van der Waals surface area contributed by atoms with Crippen LogP contribution < -0.4 is 5.32 Å². The lowest BCUT2D eigenvalue weighted by Gasteiger charge is -2.09. The van der Waals surface area contributed by atoms with Crippen molar-refractivity contribution in [3.8, 4) is 11.4 Å². The highest BCUT2D eigenvalue weighted by atomic mass is 16.5. The summed E-state index contributed by atoms with van der Waals surface area (Å²) in [6.45, 7) is 2.04. The maximum atomic E-state index is 12.5. The summed E-state index contributed by atoms with van der Waals surface area (Å²) in [6.07, 6.45) is 5.90. The minimum Gasteiger partial charge on any atom is -0.461 e. The Balaban J connectivity index is 1.40. The standard InChI is InChI=1S/C24H22N4O3/c1-2-31-24(30)22-12-15-28(26-22)21-7-5-6-19(17-21)25-23(29)16-18-8-10-20(11-9-18)27-13-3-4-14-27/h3-15,17H,2,16H2,1H3,(H,25,29). The molecule has 31 heavy (non-hydrogen) atoms. The number of nitrogens with zero attached hydrogens (tertiary/aromatic N) is 3. The van der Waals surface area contributed by atoms with Gasteiger partial charge in [0.25, 0.3) is 0 Å². The van der Waals surface area contributed by atoms with Crippen molar-refractivity contribution in [2.75, 3.05) is 11.9 Å². The first-order chi connectivity index (χ1) is 15.1. The molecule has 0 aliphatic carbocycles. The molecule has 1 amide bonds.